The van der Waals surface area contributed by atoms with Gasteiger partial charge >= 0.3 is 6.09 Å². The van der Waals surface area contributed by atoms with E-state index < -0.39 is 35.6 Å². The molecule has 3 amide bonds. The van der Waals surface area contributed by atoms with Crippen LogP contribution in [0.2, 0.25) is 0 Å². The predicted octanol–water partition coefficient (Wildman–Crippen LogP) is 5.24. The fraction of sp³-hybridized carbons (Fsp3) is 0.281. The first-order valence-corrected chi connectivity index (χ1v) is 13.2. The Morgan fingerprint density at radius 1 is 0.976 bits per heavy atom. The van der Waals surface area contributed by atoms with E-state index in [0.717, 1.165) is 5.56 Å². The van der Waals surface area contributed by atoms with Gasteiger partial charge in [0.1, 0.15) is 29.2 Å². The summed E-state index contributed by atoms with van der Waals surface area (Å²) in [5.74, 6) is -1.10. The second kappa shape index (κ2) is 13.5. The number of benzene rings is 3. The first-order valence-electron chi connectivity index (χ1n) is 13.2. The molecule has 0 radical (unpaired) electrons. The number of phenolic OH excluding ortho intramolecular Hbond substituents is 2. The fourth-order valence-corrected chi connectivity index (χ4v) is 4.26. The van der Waals surface area contributed by atoms with Crippen LogP contribution >= 0.6 is 0 Å². The van der Waals surface area contributed by atoms with Crippen LogP contribution in [0.3, 0.4) is 0 Å². The molecule has 9 nitrogen and oxygen atoms in total. The van der Waals surface area contributed by atoms with Gasteiger partial charge in [0, 0.05) is 18.7 Å². The summed E-state index contributed by atoms with van der Waals surface area (Å²) in [6.45, 7) is 10.7. The van der Waals surface area contributed by atoms with Gasteiger partial charge in [-0.25, -0.2) is 4.79 Å². The Balaban J connectivity index is 2.05. The van der Waals surface area contributed by atoms with E-state index in [0.29, 0.717) is 16.8 Å². The number of para-hydroxylation sites is 1. The molecule has 0 aliphatic carbocycles. The number of aromatic hydroxyl groups is 2. The standard InChI is InChI=1S/C32H37N3O6/c1-6-18-35(28(23-11-9-12-25(37)20-23)29(38)33-26-13-8-7-10-21(26)2)30(39)27(34-31(40)41-32(3,4)5)19-22-14-16-24(36)17-15-22/h6-17,20,27-28,36-37H,1,18-19H2,2-5H3,(H,33,38)(H,34,40). The summed E-state index contributed by atoms with van der Waals surface area (Å²) >= 11 is 0. The van der Waals surface area contributed by atoms with Crippen molar-refractivity contribution in [3.05, 3.63) is 102 Å². The highest BCUT2D eigenvalue weighted by atomic mass is 16.6. The number of alkyl carbamates (subject to hydrolysis) is 1. The third-order valence-corrected chi connectivity index (χ3v) is 6.12. The van der Waals surface area contributed by atoms with Crippen molar-refractivity contribution in [3.8, 4) is 11.5 Å². The Kier molecular flexibility index (Phi) is 10.1. The SMILES string of the molecule is C=CCN(C(=O)C(Cc1ccc(O)cc1)NC(=O)OC(C)(C)C)C(C(=O)Nc1ccccc1C)c1cccc(O)c1. The van der Waals surface area contributed by atoms with Crippen LogP contribution in [0.15, 0.2) is 85.5 Å². The number of rotatable bonds is 10. The lowest BCUT2D eigenvalue weighted by atomic mass is 9.99. The number of hydrogen-bond donors (Lipinski definition) is 4. The molecule has 9 heteroatoms. The van der Waals surface area contributed by atoms with Crippen molar-refractivity contribution in [2.45, 2.75) is 51.8 Å². The number of nitrogens with zero attached hydrogens (tertiary/aromatic N) is 1. The molecule has 4 N–H and O–H groups in total. The van der Waals surface area contributed by atoms with Gasteiger partial charge in [-0.05, 0) is 74.7 Å². The maximum atomic E-state index is 14.2. The lowest BCUT2D eigenvalue weighted by molar-refractivity contribution is -0.140. The van der Waals surface area contributed by atoms with Crippen LogP contribution in [0.4, 0.5) is 10.5 Å². The lowest BCUT2D eigenvalue weighted by Crippen LogP contribution is -2.53. The summed E-state index contributed by atoms with van der Waals surface area (Å²) in [4.78, 5) is 42.2. The number of nitrogens with one attached hydrogen (secondary N) is 2. The molecule has 0 bridgehead atoms. The largest absolute Gasteiger partial charge is 0.508 e. The molecule has 2 atom stereocenters. The molecule has 0 aliphatic rings. The number of aryl methyl sites for hydroxylation is 1. The zero-order chi connectivity index (χ0) is 30.2. The Bertz CT molecular complexity index is 1380. The number of ether oxygens (including phenoxy) is 1. The van der Waals surface area contributed by atoms with E-state index in [4.69, 9.17) is 4.74 Å². The Morgan fingerprint density at radius 2 is 1.66 bits per heavy atom. The number of amides is 3. The average Bonchev–Trinajstić information content (AvgIpc) is 2.89. The Labute approximate surface area is 240 Å². The van der Waals surface area contributed by atoms with Crippen molar-refractivity contribution in [1.29, 1.82) is 0 Å². The average molecular weight is 560 g/mol. The van der Waals surface area contributed by atoms with Crippen molar-refractivity contribution in [3.63, 3.8) is 0 Å². The zero-order valence-corrected chi connectivity index (χ0v) is 23.8. The maximum Gasteiger partial charge on any atom is 0.408 e. The number of hydrogen-bond acceptors (Lipinski definition) is 6. The monoisotopic (exact) mass is 559 g/mol. The first kappa shape index (κ1) is 30.7. The van der Waals surface area contributed by atoms with Crippen LogP contribution < -0.4 is 10.6 Å². The third-order valence-electron chi connectivity index (χ3n) is 6.12. The number of anilines is 1. The van der Waals surface area contributed by atoms with Crippen molar-refractivity contribution >= 4 is 23.6 Å². The molecule has 0 aliphatic heterocycles. The molecule has 0 heterocycles. The second-order valence-electron chi connectivity index (χ2n) is 10.7. The molecule has 3 rings (SSSR count). The summed E-state index contributed by atoms with van der Waals surface area (Å²) in [6.07, 6.45) is 0.740. The minimum absolute atomic E-state index is 0.0393. The van der Waals surface area contributed by atoms with E-state index in [-0.39, 0.29) is 24.5 Å². The Morgan fingerprint density at radius 3 is 2.27 bits per heavy atom. The molecule has 3 aromatic rings. The molecule has 0 fully saturated rings. The second-order valence-corrected chi connectivity index (χ2v) is 10.7. The lowest BCUT2D eigenvalue weighted by Gasteiger charge is -2.34. The molecule has 3 aromatic carbocycles. The highest BCUT2D eigenvalue weighted by molar-refractivity contribution is 5.99. The van der Waals surface area contributed by atoms with E-state index >= 15 is 0 Å². The molecule has 0 saturated heterocycles. The van der Waals surface area contributed by atoms with Crippen LogP contribution in [-0.4, -0.2) is 51.2 Å². The number of phenols is 2. The molecule has 41 heavy (non-hydrogen) atoms. The minimum Gasteiger partial charge on any atom is -0.508 e. The van der Waals surface area contributed by atoms with Gasteiger partial charge in [0.15, 0.2) is 0 Å². The van der Waals surface area contributed by atoms with E-state index in [9.17, 15) is 24.6 Å². The Hall–Kier alpha value is -4.79. The molecular weight excluding hydrogens is 522 g/mol. The van der Waals surface area contributed by atoms with E-state index in [1.165, 1.54) is 35.2 Å². The van der Waals surface area contributed by atoms with Gasteiger partial charge in [-0.15, -0.1) is 6.58 Å². The van der Waals surface area contributed by atoms with Gasteiger partial charge < -0.3 is 30.5 Å². The molecule has 2 unspecified atom stereocenters. The van der Waals surface area contributed by atoms with Crippen molar-refractivity contribution < 1.29 is 29.3 Å². The number of carbonyl (C=O) groups is 3. The number of carbonyl (C=O) groups excluding carboxylic acids is 3. The van der Waals surface area contributed by atoms with Gasteiger partial charge in [-0.1, -0.05) is 48.5 Å². The van der Waals surface area contributed by atoms with E-state index in [1.54, 1.807) is 57.2 Å². The minimum atomic E-state index is -1.19. The third kappa shape index (κ3) is 8.86. The van der Waals surface area contributed by atoms with Crippen molar-refractivity contribution in [2.75, 3.05) is 11.9 Å². The quantitative estimate of drug-likeness (QED) is 0.252. The molecule has 216 valence electrons. The fourth-order valence-electron chi connectivity index (χ4n) is 4.26. The highest BCUT2D eigenvalue weighted by Crippen LogP contribution is 2.28. The van der Waals surface area contributed by atoms with Gasteiger partial charge in [-0.2, -0.15) is 0 Å². The van der Waals surface area contributed by atoms with Crippen LogP contribution in [0.25, 0.3) is 0 Å². The molecule has 0 saturated carbocycles. The molecular formula is C32H37N3O6. The maximum absolute atomic E-state index is 14.2. The normalized spacial score (nSPS) is 12.5. The van der Waals surface area contributed by atoms with Crippen LogP contribution in [0.5, 0.6) is 11.5 Å². The topological polar surface area (TPSA) is 128 Å². The van der Waals surface area contributed by atoms with E-state index in [1.807, 2.05) is 19.1 Å². The summed E-state index contributed by atoms with van der Waals surface area (Å²) in [5, 5.41) is 25.5. The van der Waals surface area contributed by atoms with Crippen LogP contribution in [0.1, 0.15) is 43.5 Å². The van der Waals surface area contributed by atoms with Gasteiger partial charge in [-0.3, -0.25) is 9.59 Å². The van der Waals surface area contributed by atoms with Crippen molar-refractivity contribution in [2.24, 2.45) is 0 Å². The zero-order valence-electron chi connectivity index (χ0n) is 23.8. The molecule has 0 aromatic heterocycles. The van der Waals surface area contributed by atoms with Gasteiger partial charge in [0.25, 0.3) is 5.91 Å². The smallest absolute Gasteiger partial charge is 0.408 e. The first-order chi connectivity index (χ1) is 19.4. The summed E-state index contributed by atoms with van der Waals surface area (Å²) in [5.41, 5.74) is 1.62. The van der Waals surface area contributed by atoms with Gasteiger partial charge in [0.2, 0.25) is 5.91 Å². The highest BCUT2D eigenvalue weighted by Gasteiger charge is 2.36. The van der Waals surface area contributed by atoms with Crippen LogP contribution in [0, 0.1) is 6.92 Å². The van der Waals surface area contributed by atoms with E-state index in [2.05, 4.69) is 17.2 Å². The summed E-state index contributed by atoms with van der Waals surface area (Å²) in [7, 11) is 0. The predicted molar refractivity (Wildman–Crippen MR) is 158 cm³/mol. The summed E-state index contributed by atoms with van der Waals surface area (Å²) < 4.78 is 5.42. The summed E-state index contributed by atoms with van der Waals surface area (Å²) in [6, 6.07) is 17.3. The van der Waals surface area contributed by atoms with Crippen molar-refractivity contribution in [1.82, 2.24) is 10.2 Å². The molecule has 0 spiro atoms. The van der Waals surface area contributed by atoms with Gasteiger partial charge in [0.05, 0.1) is 0 Å². The van der Waals surface area contributed by atoms with Crippen LogP contribution in [-0.2, 0) is 20.7 Å².